The molecule has 2 rings (SSSR count). The lowest BCUT2D eigenvalue weighted by molar-refractivity contribution is -0.122. The Hall–Kier alpha value is -1.40. The smallest absolute Gasteiger partial charge is 0.240 e. The Morgan fingerprint density at radius 3 is 2.95 bits per heavy atom. The molecular formula is C14H24N4O2. The number of nitrogens with one attached hydrogen (secondary N) is 2. The summed E-state index contributed by atoms with van der Waals surface area (Å²) in [5, 5.41) is 6.35. The SMILES string of the molecule is CC(C)NCc1cn(CC(=O)NC2CCOCC2)cn1. The first-order chi connectivity index (χ1) is 9.63. The zero-order valence-corrected chi connectivity index (χ0v) is 12.3. The van der Waals surface area contributed by atoms with E-state index in [2.05, 4.69) is 29.5 Å². The highest BCUT2D eigenvalue weighted by molar-refractivity contribution is 5.76. The molecule has 0 bridgehead atoms. The zero-order chi connectivity index (χ0) is 14.4. The van der Waals surface area contributed by atoms with Crippen LogP contribution in [0.5, 0.6) is 0 Å². The molecule has 20 heavy (non-hydrogen) atoms. The number of rotatable bonds is 6. The monoisotopic (exact) mass is 280 g/mol. The number of aromatic nitrogens is 2. The summed E-state index contributed by atoms with van der Waals surface area (Å²) in [6.45, 7) is 6.72. The molecule has 1 saturated heterocycles. The van der Waals surface area contributed by atoms with E-state index in [1.165, 1.54) is 0 Å². The second-order valence-electron chi connectivity index (χ2n) is 5.53. The van der Waals surface area contributed by atoms with Crippen LogP contribution >= 0.6 is 0 Å². The maximum absolute atomic E-state index is 11.9. The molecule has 0 aliphatic carbocycles. The van der Waals surface area contributed by atoms with Crippen LogP contribution in [-0.2, 0) is 22.6 Å². The highest BCUT2D eigenvalue weighted by Gasteiger charge is 2.16. The maximum Gasteiger partial charge on any atom is 0.240 e. The number of amides is 1. The highest BCUT2D eigenvalue weighted by Crippen LogP contribution is 2.06. The van der Waals surface area contributed by atoms with Gasteiger partial charge >= 0.3 is 0 Å². The minimum Gasteiger partial charge on any atom is -0.381 e. The molecule has 6 nitrogen and oxygen atoms in total. The molecule has 1 aromatic rings. The van der Waals surface area contributed by atoms with Crippen LogP contribution in [0, 0.1) is 0 Å². The third kappa shape index (κ3) is 4.94. The van der Waals surface area contributed by atoms with Crippen molar-refractivity contribution < 1.29 is 9.53 Å². The summed E-state index contributed by atoms with van der Waals surface area (Å²) < 4.78 is 7.10. The standard InChI is InChI=1S/C14H24N4O2/c1-11(2)15-7-13-8-18(10-16-13)9-14(19)17-12-3-5-20-6-4-12/h8,10-12,15H,3-7,9H2,1-2H3,(H,17,19). The Balaban J connectivity index is 1.76. The topological polar surface area (TPSA) is 68.2 Å². The van der Waals surface area contributed by atoms with E-state index in [1.807, 2.05) is 10.8 Å². The fraction of sp³-hybridized carbons (Fsp3) is 0.714. The van der Waals surface area contributed by atoms with Crippen LogP contribution in [-0.4, -0.2) is 40.8 Å². The highest BCUT2D eigenvalue weighted by atomic mass is 16.5. The molecule has 2 heterocycles. The quantitative estimate of drug-likeness (QED) is 0.804. The molecule has 1 aromatic heterocycles. The van der Waals surface area contributed by atoms with Crippen molar-refractivity contribution in [2.75, 3.05) is 13.2 Å². The molecule has 1 amide bonds. The van der Waals surface area contributed by atoms with Gasteiger partial charge in [0.25, 0.3) is 0 Å². The molecule has 0 radical (unpaired) electrons. The van der Waals surface area contributed by atoms with Gasteiger partial charge in [-0.2, -0.15) is 0 Å². The minimum atomic E-state index is 0.0395. The van der Waals surface area contributed by atoms with Crippen LogP contribution in [0.3, 0.4) is 0 Å². The van der Waals surface area contributed by atoms with Gasteiger partial charge in [0.1, 0.15) is 6.54 Å². The fourth-order valence-corrected chi connectivity index (χ4v) is 2.17. The number of nitrogens with zero attached hydrogens (tertiary/aromatic N) is 2. The van der Waals surface area contributed by atoms with Crippen molar-refractivity contribution in [2.45, 2.75) is 51.9 Å². The van der Waals surface area contributed by atoms with Gasteiger partial charge in [0.05, 0.1) is 12.0 Å². The molecular weight excluding hydrogens is 256 g/mol. The van der Waals surface area contributed by atoms with E-state index in [0.717, 1.165) is 38.3 Å². The third-order valence-electron chi connectivity index (χ3n) is 3.29. The van der Waals surface area contributed by atoms with E-state index in [-0.39, 0.29) is 11.9 Å². The van der Waals surface area contributed by atoms with E-state index >= 15 is 0 Å². The Bertz CT molecular complexity index is 425. The summed E-state index contributed by atoms with van der Waals surface area (Å²) in [5.41, 5.74) is 0.956. The Morgan fingerprint density at radius 1 is 1.50 bits per heavy atom. The molecule has 2 N–H and O–H groups in total. The van der Waals surface area contributed by atoms with Crippen molar-refractivity contribution in [3.8, 4) is 0 Å². The predicted molar refractivity (Wildman–Crippen MR) is 76.2 cm³/mol. The third-order valence-corrected chi connectivity index (χ3v) is 3.29. The fourth-order valence-electron chi connectivity index (χ4n) is 2.17. The molecule has 112 valence electrons. The molecule has 1 aliphatic rings. The Labute approximate surface area is 119 Å². The summed E-state index contributed by atoms with van der Waals surface area (Å²) in [5.74, 6) is 0.0395. The summed E-state index contributed by atoms with van der Waals surface area (Å²) in [7, 11) is 0. The van der Waals surface area contributed by atoms with Crippen LogP contribution in [0.25, 0.3) is 0 Å². The van der Waals surface area contributed by atoms with Crippen LogP contribution < -0.4 is 10.6 Å². The van der Waals surface area contributed by atoms with Crippen molar-refractivity contribution in [3.05, 3.63) is 18.2 Å². The lowest BCUT2D eigenvalue weighted by atomic mass is 10.1. The van der Waals surface area contributed by atoms with E-state index in [9.17, 15) is 4.79 Å². The van der Waals surface area contributed by atoms with Crippen LogP contribution in [0.1, 0.15) is 32.4 Å². The average Bonchev–Trinajstić information content (AvgIpc) is 2.85. The van der Waals surface area contributed by atoms with Crippen molar-refractivity contribution in [1.82, 2.24) is 20.2 Å². The normalized spacial score (nSPS) is 16.6. The molecule has 1 fully saturated rings. The van der Waals surface area contributed by atoms with Crippen LogP contribution in [0.4, 0.5) is 0 Å². The van der Waals surface area contributed by atoms with Gasteiger partial charge in [-0.3, -0.25) is 4.79 Å². The lowest BCUT2D eigenvalue weighted by Gasteiger charge is -2.23. The molecule has 0 unspecified atom stereocenters. The van der Waals surface area contributed by atoms with Crippen molar-refractivity contribution in [1.29, 1.82) is 0 Å². The van der Waals surface area contributed by atoms with E-state index in [0.29, 0.717) is 12.6 Å². The number of carbonyl (C=O) groups is 1. The van der Waals surface area contributed by atoms with Crippen LogP contribution in [0.2, 0.25) is 0 Å². The summed E-state index contributed by atoms with van der Waals surface area (Å²) >= 11 is 0. The molecule has 0 aromatic carbocycles. The molecule has 6 heteroatoms. The number of hydrogen-bond donors (Lipinski definition) is 2. The maximum atomic E-state index is 11.9. The minimum absolute atomic E-state index is 0.0395. The van der Waals surface area contributed by atoms with Gasteiger partial charge in [0, 0.05) is 38.0 Å². The van der Waals surface area contributed by atoms with Gasteiger partial charge in [-0.05, 0) is 12.8 Å². The van der Waals surface area contributed by atoms with Gasteiger partial charge in [-0.1, -0.05) is 13.8 Å². The first-order valence-corrected chi connectivity index (χ1v) is 7.24. The second-order valence-corrected chi connectivity index (χ2v) is 5.53. The van der Waals surface area contributed by atoms with Gasteiger partial charge in [-0.25, -0.2) is 4.98 Å². The second kappa shape index (κ2) is 7.40. The summed E-state index contributed by atoms with van der Waals surface area (Å²) in [6.07, 6.45) is 5.43. The van der Waals surface area contributed by atoms with Gasteiger partial charge in [-0.15, -0.1) is 0 Å². The first-order valence-electron chi connectivity index (χ1n) is 7.24. The number of imidazole rings is 1. The zero-order valence-electron chi connectivity index (χ0n) is 12.3. The van der Waals surface area contributed by atoms with Gasteiger partial charge in [0.15, 0.2) is 0 Å². The van der Waals surface area contributed by atoms with E-state index in [4.69, 9.17) is 4.74 Å². The summed E-state index contributed by atoms with van der Waals surface area (Å²) in [4.78, 5) is 16.2. The van der Waals surface area contributed by atoms with Crippen LogP contribution in [0.15, 0.2) is 12.5 Å². The first kappa shape index (κ1) is 15.0. The largest absolute Gasteiger partial charge is 0.381 e. The Kier molecular flexibility index (Phi) is 5.55. The molecule has 0 spiro atoms. The lowest BCUT2D eigenvalue weighted by Crippen LogP contribution is -2.40. The van der Waals surface area contributed by atoms with Crippen molar-refractivity contribution in [3.63, 3.8) is 0 Å². The average molecular weight is 280 g/mol. The number of ether oxygens (including phenoxy) is 1. The van der Waals surface area contributed by atoms with E-state index < -0.39 is 0 Å². The number of hydrogen-bond acceptors (Lipinski definition) is 4. The number of carbonyl (C=O) groups excluding carboxylic acids is 1. The molecule has 0 saturated carbocycles. The Morgan fingerprint density at radius 2 is 2.25 bits per heavy atom. The van der Waals surface area contributed by atoms with Crippen molar-refractivity contribution in [2.24, 2.45) is 0 Å². The van der Waals surface area contributed by atoms with Gasteiger partial charge < -0.3 is 19.9 Å². The predicted octanol–water partition coefficient (Wildman–Crippen LogP) is 0.676. The molecule has 0 atom stereocenters. The van der Waals surface area contributed by atoms with Crippen molar-refractivity contribution >= 4 is 5.91 Å². The summed E-state index contributed by atoms with van der Waals surface area (Å²) in [6, 6.07) is 0.679. The van der Waals surface area contributed by atoms with Gasteiger partial charge in [0.2, 0.25) is 5.91 Å². The molecule has 1 aliphatic heterocycles. The van der Waals surface area contributed by atoms with E-state index in [1.54, 1.807) is 6.33 Å².